The molecule has 1 aliphatic heterocycles. The van der Waals surface area contributed by atoms with Crippen LogP contribution in [-0.2, 0) is 0 Å². The van der Waals surface area contributed by atoms with Gasteiger partial charge in [0.05, 0.1) is 0 Å². The number of rotatable bonds is 1. The molecule has 0 saturated carbocycles. The first-order chi connectivity index (χ1) is 8.49. The van der Waals surface area contributed by atoms with Gasteiger partial charge in [-0.1, -0.05) is 29.9 Å². The van der Waals surface area contributed by atoms with Gasteiger partial charge in [0.15, 0.2) is 0 Å². The molecule has 100 valence electrons. The van der Waals surface area contributed by atoms with Crippen molar-refractivity contribution in [2.24, 2.45) is 0 Å². The molecule has 0 atom stereocenters. The van der Waals surface area contributed by atoms with Crippen molar-refractivity contribution in [1.29, 1.82) is 0 Å². The summed E-state index contributed by atoms with van der Waals surface area (Å²) in [5.41, 5.74) is 5.47. The number of benzene rings is 1. The van der Waals surface area contributed by atoms with E-state index in [1.54, 1.807) is 0 Å². The topological polar surface area (TPSA) is 6.48 Å². The molecule has 0 N–H and O–H groups in total. The Morgan fingerprint density at radius 3 is 2.00 bits per heavy atom. The number of nitrogens with zero attached hydrogens (tertiary/aromatic N) is 2. The normalized spacial score (nSPS) is 15.2. The van der Waals surface area contributed by atoms with Gasteiger partial charge < -0.3 is 11.2 Å². The standard InChI is InChI=1S/C14H20N2S2.K.H/c1-10-8-11(2)13(12(3)9-10)15-4-6-16(7-5-15)14(17)18;;/h8-9H,4-7H2,1-3H3,(H,17,18);;/q;+1;-1. The largest absolute Gasteiger partial charge is 1.00 e. The predicted molar refractivity (Wildman–Crippen MR) is 87.1 cm³/mol. The zero-order chi connectivity index (χ0) is 13.3. The van der Waals surface area contributed by atoms with Crippen LogP contribution in [0.2, 0.25) is 0 Å². The van der Waals surface area contributed by atoms with E-state index in [1.807, 2.05) is 0 Å². The van der Waals surface area contributed by atoms with Gasteiger partial charge in [0.1, 0.15) is 4.32 Å². The van der Waals surface area contributed by atoms with Crippen molar-refractivity contribution >= 4 is 34.9 Å². The second-order valence-corrected chi connectivity index (χ2v) is 6.12. The van der Waals surface area contributed by atoms with E-state index in [4.69, 9.17) is 12.2 Å². The number of anilines is 1. The van der Waals surface area contributed by atoms with Crippen LogP contribution < -0.4 is 56.3 Å². The number of hydrogen-bond donors (Lipinski definition) is 1. The first-order valence-electron chi connectivity index (χ1n) is 6.29. The fourth-order valence-electron chi connectivity index (χ4n) is 2.79. The molecule has 1 saturated heterocycles. The third kappa shape index (κ3) is 4.43. The van der Waals surface area contributed by atoms with E-state index in [1.165, 1.54) is 22.4 Å². The molecule has 0 aromatic heterocycles. The van der Waals surface area contributed by atoms with Crippen LogP contribution in [0.1, 0.15) is 18.1 Å². The maximum Gasteiger partial charge on any atom is 1.00 e. The smallest absolute Gasteiger partial charge is 1.00 e. The number of thiocarbonyl (C=S) groups is 1. The minimum absolute atomic E-state index is 0. The number of hydrogen-bond acceptors (Lipinski definition) is 2. The van der Waals surface area contributed by atoms with Crippen molar-refractivity contribution in [1.82, 2.24) is 4.90 Å². The molecular weight excluding hydrogens is 299 g/mol. The van der Waals surface area contributed by atoms with Gasteiger partial charge in [-0.2, -0.15) is 0 Å². The zero-order valence-corrected chi connectivity index (χ0v) is 17.1. The fraction of sp³-hybridized carbons (Fsp3) is 0.500. The molecule has 0 amide bonds. The van der Waals surface area contributed by atoms with Crippen LogP contribution in [0.5, 0.6) is 0 Å². The Morgan fingerprint density at radius 2 is 1.58 bits per heavy atom. The molecule has 1 heterocycles. The van der Waals surface area contributed by atoms with Gasteiger partial charge in [-0.3, -0.25) is 0 Å². The molecule has 19 heavy (non-hydrogen) atoms. The monoisotopic (exact) mass is 320 g/mol. The Balaban J connectivity index is 0.00000180. The Hall–Kier alpha value is 0.896. The van der Waals surface area contributed by atoms with E-state index < -0.39 is 0 Å². The molecule has 5 heteroatoms. The summed E-state index contributed by atoms with van der Waals surface area (Å²) < 4.78 is 0.715. The number of thiol groups is 1. The summed E-state index contributed by atoms with van der Waals surface area (Å²) in [6, 6.07) is 4.52. The minimum Gasteiger partial charge on any atom is -1.00 e. The van der Waals surface area contributed by atoms with E-state index in [9.17, 15) is 0 Å². The molecule has 1 aromatic carbocycles. The molecule has 0 bridgehead atoms. The summed E-state index contributed by atoms with van der Waals surface area (Å²) in [6.45, 7) is 10.5. The first-order valence-corrected chi connectivity index (χ1v) is 7.15. The summed E-state index contributed by atoms with van der Waals surface area (Å²) in [5, 5.41) is 0. The average molecular weight is 321 g/mol. The summed E-state index contributed by atoms with van der Waals surface area (Å²) in [6.07, 6.45) is 0. The first kappa shape index (κ1) is 17.9. The Labute approximate surface area is 171 Å². The molecule has 2 nitrogen and oxygen atoms in total. The molecule has 0 radical (unpaired) electrons. The Bertz CT molecular complexity index is 451. The van der Waals surface area contributed by atoms with Crippen molar-refractivity contribution in [2.45, 2.75) is 20.8 Å². The summed E-state index contributed by atoms with van der Waals surface area (Å²) in [7, 11) is 0. The van der Waals surface area contributed by atoms with Crippen LogP contribution in [0.15, 0.2) is 12.1 Å². The summed E-state index contributed by atoms with van der Waals surface area (Å²) >= 11 is 9.36. The van der Waals surface area contributed by atoms with Crippen LogP contribution in [0.4, 0.5) is 5.69 Å². The molecule has 1 fully saturated rings. The van der Waals surface area contributed by atoms with Gasteiger partial charge in [0, 0.05) is 31.9 Å². The maximum atomic E-state index is 5.11. The van der Waals surface area contributed by atoms with Gasteiger partial charge >= 0.3 is 51.4 Å². The fourth-order valence-corrected chi connectivity index (χ4v) is 3.18. The SMILES string of the molecule is Cc1cc(C)c(N2CCN(C(=S)S)CC2)c(C)c1.[H-].[K+]. The van der Waals surface area contributed by atoms with Gasteiger partial charge in [-0.25, -0.2) is 0 Å². The van der Waals surface area contributed by atoms with Gasteiger partial charge in [-0.15, -0.1) is 12.6 Å². The molecule has 2 rings (SSSR count). The van der Waals surface area contributed by atoms with Crippen molar-refractivity contribution in [2.75, 3.05) is 31.1 Å². The number of aryl methyl sites for hydroxylation is 3. The van der Waals surface area contributed by atoms with E-state index in [0.717, 1.165) is 26.2 Å². The maximum absolute atomic E-state index is 5.11. The van der Waals surface area contributed by atoms with Crippen LogP contribution >= 0.6 is 24.8 Å². The third-order valence-corrected chi connectivity index (χ3v) is 4.04. The molecule has 0 unspecified atom stereocenters. The zero-order valence-electron chi connectivity index (χ0n) is 13.2. The average Bonchev–Trinajstić information content (AvgIpc) is 2.28. The predicted octanol–water partition coefficient (Wildman–Crippen LogP) is 0.0651. The quantitative estimate of drug-likeness (QED) is 0.445. The van der Waals surface area contributed by atoms with Crippen LogP contribution in [0.3, 0.4) is 0 Å². The van der Waals surface area contributed by atoms with Gasteiger partial charge in [0.25, 0.3) is 0 Å². The van der Waals surface area contributed by atoms with E-state index in [0.29, 0.717) is 4.32 Å². The Morgan fingerprint density at radius 1 is 1.11 bits per heavy atom. The van der Waals surface area contributed by atoms with Gasteiger partial charge in [-0.05, 0) is 31.9 Å². The second kappa shape index (κ2) is 7.78. The number of piperazine rings is 1. The van der Waals surface area contributed by atoms with E-state index in [-0.39, 0.29) is 52.8 Å². The van der Waals surface area contributed by atoms with Crippen LogP contribution in [0.25, 0.3) is 0 Å². The van der Waals surface area contributed by atoms with Crippen LogP contribution in [-0.4, -0.2) is 35.4 Å². The van der Waals surface area contributed by atoms with Crippen molar-refractivity contribution in [3.05, 3.63) is 28.8 Å². The summed E-state index contributed by atoms with van der Waals surface area (Å²) in [5.74, 6) is 0. The molecule has 1 aliphatic rings. The van der Waals surface area contributed by atoms with E-state index in [2.05, 4.69) is 55.3 Å². The minimum atomic E-state index is 0. The molecular formula is C14H21KN2S2. The van der Waals surface area contributed by atoms with E-state index >= 15 is 0 Å². The van der Waals surface area contributed by atoms with Crippen molar-refractivity contribution < 1.29 is 52.8 Å². The van der Waals surface area contributed by atoms with Crippen molar-refractivity contribution in [3.8, 4) is 0 Å². The third-order valence-electron chi connectivity index (χ3n) is 3.50. The second-order valence-electron chi connectivity index (χ2n) is 5.00. The molecule has 0 spiro atoms. The van der Waals surface area contributed by atoms with Crippen molar-refractivity contribution in [3.63, 3.8) is 0 Å². The molecule has 0 aliphatic carbocycles. The van der Waals surface area contributed by atoms with Gasteiger partial charge in [0.2, 0.25) is 0 Å². The van der Waals surface area contributed by atoms with Crippen LogP contribution in [0, 0.1) is 20.8 Å². The summed E-state index contributed by atoms with van der Waals surface area (Å²) in [4.78, 5) is 4.63. The Kier molecular flexibility index (Phi) is 7.35. The molecule has 1 aromatic rings.